The number of benzene rings is 1. The van der Waals surface area contributed by atoms with Crippen molar-refractivity contribution in [1.82, 2.24) is 20.0 Å². The van der Waals surface area contributed by atoms with Crippen LogP contribution < -0.4 is 5.32 Å². The van der Waals surface area contributed by atoms with E-state index in [1.54, 1.807) is 11.6 Å². The fraction of sp³-hybridized carbons (Fsp3) is 0.278. The van der Waals surface area contributed by atoms with Gasteiger partial charge in [0.1, 0.15) is 0 Å². The molecular formula is C18H19N5O2. The van der Waals surface area contributed by atoms with Crippen molar-refractivity contribution in [3.8, 4) is 11.3 Å². The van der Waals surface area contributed by atoms with E-state index in [2.05, 4.69) is 20.6 Å². The summed E-state index contributed by atoms with van der Waals surface area (Å²) in [4.78, 5) is 12.2. The minimum Gasteiger partial charge on any atom is -0.461 e. The normalized spacial score (nSPS) is 12.4. The molecule has 1 aliphatic rings. The summed E-state index contributed by atoms with van der Waals surface area (Å²) in [5, 5.41) is 15.3. The molecule has 0 saturated heterocycles. The van der Waals surface area contributed by atoms with Crippen molar-refractivity contribution in [1.29, 1.82) is 0 Å². The predicted octanol–water partition coefficient (Wildman–Crippen LogP) is 2.83. The van der Waals surface area contributed by atoms with Crippen LogP contribution in [-0.4, -0.2) is 32.6 Å². The maximum absolute atomic E-state index is 12.2. The van der Waals surface area contributed by atoms with Crippen LogP contribution in [0.5, 0.6) is 0 Å². The Morgan fingerprint density at radius 2 is 2.12 bits per heavy atom. The Bertz CT molecular complexity index is 927. The lowest BCUT2D eigenvalue weighted by Gasteiger charge is -2.15. The Morgan fingerprint density at radius 1 is 1.32 bits per heavy atom. The third-order valence-electron chi connectivity index (χ3n) is 4.35. The summed E-state index contributed by atoms with van der Waals surface area (Å²) in [6, 6.07) is 9.87. The zero-order valence-electron chi connectivity index (χ0n) is 14.2. The number of anilines is 2. The molecule has 1 aliphatic carbocycles. The molecule has 1 aromatic carbocycles. The van der Waals surface area contributed by atoms with Crippen molar-refractivity contribution in [2.24, 2.45) is 7.05 Å². The molecule has 0 aliphatic heterocycles. The van der Waals surface area contributed by atoms with Crippen molar-refractivity contribution < 1.29 is 9.53 Å². The van der Waals surface area contributed by atoms with E-state index in [4.69, 9.17) is 4.74 Å². The van der Waals surface area contributed by atoms with Crippen LogP contribution in [0.15, 0.2) is 30.3 Å². The summed E-state index contributed by atoms with van der Waals surface area (Å²) in [7, 11) is 1.84. The largest absolute Gasteiger partial charge is 0.461 e. The lowest BCUT2D eigenvalue weighted by molar-refractivity contribution is 0.0517. The Morgan fingerprint density at radius 3 is 2.88 bits per heavy atom. The Labute approximate surface area is 145 Å². The second-order valence-corrected chi connectivity index (χ2v) is 5.94. The number of carbonyl (C=O) groups excluding carboxylic acids is 1. The van der Waals surface area contributed by atoms with Gasteiger partial charge in [-0.05, 0) is 31.9 Å². The number of aryl methyl sites for hydroxylation is 2. The zero-order valence-corrected chi connectivity index (χ0v) is 14.2. The first-order chi connectivity index (χ1) is 12.2. The van der Waals surface area contributed by atoms with Crippen molar-refractivity contribution in [2.45, 2.75) is 19.8 Å². The summed E-state index contributed by atoms with van der Waals surface area (Å²) in [6.07, 6.45) is 1.52. The molecular weight excluding hydrogens is 318 g/mol. The molecule has 0 fully saturated rings. The Hall–Kier alpha value is -3.09. The van der Waals surface area contributed by atoms with Crippen LogP contribution in [-0.2, 0) is 24.6 Å². The molecule has 128 valence electrons. The summed E-state index contributed by atoms with van der Waals surface area (Å²) < 4.78 is 6.89. The predicted molar refractivity (Wildman–Crippen MR) is 93.9 cm³/mol. The molecule has 0 amide bonds. The highest BCUT2D eigenvalue weighted by atomic mass is 16.5. The number of nitrogens with zero attached hydrogens (tertiary/aromatic N) is 3. The van der Waals surface area contributed by atoms with E-state index >= 15 is 0 Å². The minimum absolute atomic E-state index is 0.335. The number of nitrogens with one attached hydrogen (secondary N) is 2. The van der Waals surface area contributed by atoms with E-state index in [1.807, 2.05) is 37.4 Å². The molecule has 0 radical (unpaired) electrons. The molecule has 0 spiro atoms. The number of para-hydroxylation sites is 1. The standard InChI is InChI=1S/C18H19N5O2/c1-3-25-18(24)15-12-9-10-13-14(16(12)23(2)22-15)17(21-20-13)19-11-7-5-4-6-8-11/h4-8H,3,9-10H2,1-2H3,(H2,19,20,21). The first-order valence-corrected chi connectivity index (χ1v) is 8.31. The molecule has 2 aromatic heterocycles. The highest BCUT2D eigenvalue weighted by Gasteiger charge is 2.31. The van der Waals surface area contributed by atoms with Gasteiger partial charge < -0.3 is 10.1 Å². The fourth-order valence-electron chi connectivity index (χ4n) is 3.29. The van der Waals surface area contributed by atoms with Crippen molar-refractivity contribution in [2.75, 3.05) is 11.9 Å². The van der Waals surface area contributed by atoms with Crippen LogP contribution in [0.2, 0.25) is 0 Å². The lowest BCUT2D eigenvalue weighted by Crippen LogP contribution is -2.10. The monoisotopic (exact) mass is 337 g/mol. The van der Waals surface area contributed by atoms with Gasteiger partial charge >= 0.3 is 5.97 Å². The number of hydrogen-bond acceptors (Lipinski definition) is 5. The molecule has 0 bridgehead atoms. The zero-order chi connectivity index (χ0) is 17.4. The average Bonchev–Trinajstić information content (AvgIpc) is 3.17. The van der Waals surface area contributed by atoms with E-state index in [0.717, 1.165) is 46.9 Å². The van der Waals surface area contributed by atoms with Crippen LogP contribution in [0, 0.1) is 0 Å². The maximum Gasteiger partial charge on any atom is 0.359 e. The highest BCUT2D eigenvalue weighted by Crippen LogP contribution is 2.39. The molecule has 2 heterocycles. The van der Waals surface area contributed by atoms with Gasteiger partial charge in [0.2, 0.25) is 0 Å². The highest BCUT2D eigenvalue weighted by molar-refractivity contribution is 5.93. The van der Waals surface area contributed by atoms with Gasteiger partial charge in [0.05, 0.1) is 17.9 Å². The van der Waals surface area contributed by atoms with Crippen LogP contribution in [0.3, 0.4) is 0 Å². The average molecular weight is 337 g/mol. The number of hydrogen-bond donors (Lipinski definition) is 2. The van der Waals surface area contributed by atoms with E-state index < -0.39 is 0 Å². The smallest absolute Gasteiger partial charge is 0.359 e. The van der Waals surface area contributed by atoms with Crippen LogP contribution in [0.4, 0.5) is 11.5 Å². The minimum atomic E-state index is -0.371. The number of carbonyl (C=O) groups is 1. The number of ether oxygens (including phenoxy) is 1. The first-order valence-electron chi connectivity index (χ1n) is 8.31. The van der Waals surface area contributed by atoms with E-state index in [1.165, 1.54) is 0 Å². The van der Waals surface area contributed by atoms with E-state index in [9.17, 15) is 4.79 Å². The molecule has 0 saturated carbocycles. The van der Waals surface area contributed by atoms with Crippen molar-refractivity contribution in [3.63, 3.8) is 0 Å². The lowest BCUT2D eigenvalue weighted by atomic mass is 9.93. The van der Waals surface area contributed by atoms with Gasteiger partial charge in [-0.15, -0.1) is 0 Å². The number of H-pyrrole nitrogens is 1. The second kappa shape index (κ2) is 6.08. The fourth-order valence-corrected chi connectivity index (χ4v) is 3.29. The summed E-state index contributed by atoms with van der Waals surface area (Å²) in [6.45, 7) is 2.13. The topological polar surface area (TPSA) is 84.8 Å². The van der Waals surface area contributed by atoms with Gasteiger partial charge in [0.15, 0.2) is 11.5 Å². The molecule has 0 unspecified atom stereocenters. The molecule has 0 atom stereocenters. The van der Waals surface area contributed by atoms with Crippen molar-refractivity contribution in [3.05, 3.63) is 47.3 Å². The maximum atomic E-state index is 12.2. The van der Waals surface area contributed by atoms with Crippen molar-refractivity contribution >= 4 is 17.5 Å². The number of aromatic nitrogens is 4. The summed E-state index contributed by atoms with van der Waals surface area (Å²) in [5.41, 5.74) is 5.20. The van der Waals surface area contributed by atoms with Gasteiger partial charge in [0.25, 0.3) is 0 Å². The van der Waals surface area contributed by atoms with E-state index in [0.29, 0.717) is 12.3 Å². The molecule has 4 rings (SSSR count). The van der Waals surface area contributed by atoms with E-state index in [-0.39, 0.29) is 5.97 Å². The first kappa shape index (κ1) is 15.4. The number of esters is 1. The molecule has 7 heteroatoms. The quantitative estimate of drug-likeness (QED) is 0.715. The van der Waals surface area contributed by atoms with Crippen LogP contribution in [0.1, 0.15) is 28.7 Å². The van der Waals surface area contributed by atoms with Gasteiger partial charge in [-0.25, -0.2) is 4.79 Å². The van der Waals surface area contributed by atoms with Gasteiger partial charge in [-0.3, -0.25) is 9.78 Å². The SMILES string of the molecule is CCOC(=O)c1nn(C)c2c1CCc1[nH]nc(Nc3ccccc3)c1-2. The molecule has 3 aromatic rings. The summed E-state index contributed by atoms with van der Waals surface area (Å²) >= 11 is 0. The second-order valence-electron chi connectivity index (χ2n) is 5.94. The van der Waals surface area contributed by atoms with Gasteiger partial charge in [-0.2, -0.15) is 10.2 Å². The van der Waals surface area contributed by atoms with Crippen LogP contribution >= 0.6 is 0 Å². The number of fused-ring (bicyclic) bond motifs is 3. The van der Waals surface area contributed by atoms with Crippen LogP contribution in [0.25, 0.3) is 11.3 Å². The Balaban J connectivity index is 1.79. The van der Waals surface area contributed by atoms with Gasteiger partial charge in [0, 0.05) is 24.0 Å². The molecule has 2 N–H and O–H groups in total. The number of rotatable bonds is 4. The number of aromatic amines is 1. The molecule has 7 nitrogen and oxygen atoms in total. The molecule has 25 heavy (non-hydrogen) atoms. The van der Waals surface area contributed by atoms with Gasteiger partial charge in [-0.1, -0.05) is 18.2 Å². The third kappa shape index (κ3) is 2.57. The third-order valence-corrected chi connectivity index (χ3v) is 4.35. The Kier molecular flexibility index (Phi) is 3.76. The summed E-state index contributed by atoms with van der Waals surface area (Å²) in [5.74, 6) is 0.365.